The third-order valence-corrected chi connectivity index (χ3v) is 6.57. The largest absolute Gasteiger partial charge is 0.155 e. The number of hydrogen-bond acceptors (Lipinski definition) is 1. The van der Waals surface area contributed by atoms with Crippen molar-refractivity contribution in [3.8, 4) is 0 Å². The fourth-order valence-corrected chi connectivity index (χ4v) is 5.85. The Morgan fingerprint density at radius 3 is 1.71 bits per heavy atom. The van der Waals surface area contributed by atoms with E-state index in [1.165, 1.54) is 25.7 Å². The van der Waals surface area contributed by atoms with Gasteiger partial charge in [0.25, 0.3) is 0 Å². The Balaban J connectivity index is 1.68. The van der Waals surface area contributed by atoms with E-state index in [0.717, 1.165) is 22.3 Å². The van der Waals surface area contributed by atoms with E-state index in [0.29, 0.717) is 0 Å². The first kappa shape index (κ1) is 9.57. The fraction of sp³-hybridized carbons (Fsp3) is 1.00. The Bertz CT molecular complexity index is 159. The zero-order valence-corrected chi connectivity index (χ0v) is 9.90. The molecule has 0 aromatic rings. The molecular weight excluding hydrogens is 188 g/mol. The minimum Gasteiger partial charge on any atom is -0.155 e. The van der Waals surface area contributed by atoms with Crippen LogP contribution in [0, 0.1) is 11.8 Å². The fourth-order valence-electron chi connectivity index (χ4n) is 3.86. The topological polar surface area (TPSA) is 0 Å². The molecule has 0 aromatic heterocycles. The van der Waals surface area contributed by atoms with Crippen molar-refractivity contribution in [3.05, 3.63) is 0 Å². The van der Waals surface area contributed by atoms with Gasteiger partial charge in [0, 0.05) is 10.5 Å². The molecule has 80 valence electrons. The predicted molar refractivity (Wildman–Crippen MR) is 63.7 cm³/mol. The molecule has 3 fully saturated rings. The zero-order valence-electron chi connectivity index (χ0n) is 9.08. The molecule has 0 N–H and O–H groups in total. The Labute approximate surface area is 92.2 Å². The van der Waals surface area contributed by atoms with Gasteiger partial charge in [0.1, 0.15) is 0 Å². The number of thioether (sulfide) groups is 1. The maximum absolute atomic E-state index is 2.40. The van der Waals surface area contributed by atoms with Crippen molar-refractivity contribution in [1.29, 1.82) is 0 Å². The van der Waals surface area contributed by atoms with Crippen LogP contribution in [-0.2, 0) is 0 Å². The van der Waals surface area contributed by atoms with Gasteiger partial charge in [-0.25, -0.2) is 0 Å². The molecule has 0 amide bonds. The number of fused-ring (bicyclic) bond motifs is 2. The molecule has 0 nitrogen and oxygen atoms in total. The molecule has 1 heterocycles. The minimum atomic E-state index is 1.07. The highest BCUT2D eigenvalue weighted by molar-refractivity contribution is 8.00. The second-order valence-corrected chi connectivity index (χ2v) is 7.02. The highest BCUT2D eigenvalue weighted by Crippen LogP contribution is 2.50. The van der Waals surface area contributed by atoms with Crippen LogP contribution < -0.4 is 0 Å². The maximum atomic E-state index is 2.40. The minimum absolute atomic E-state index is 1.07. The van der Waals surface area contributed by atoms with Crippen LogP contribution in [0.25, 0.3) is 0 Å². The first-order chi connectivity index (χ1) is 6.93. The van der Waals surface area contributed by atoms with Gasteiger partial charge in [0.05, 0.1) is 0 Å². The second kappa shape index (κ2) is 4.08. The summed E-state index contributed by atoms with van der Waals surface area (Å²) in [5.41, 5.74) is 0. The molecule has 0 spiro atoms. The van der Waals surface area contributed by atoms with E-state index in [4.69, 9.17) is 0 Å². The zero-order chi connectivity index (χ0) is 9.38. The van der Waals surface area contributed by atoms with Crippen LogP contribution >= 0.6 is 11.8 Å². The van der Waals surface area contributed by atoms with Gasteiger partial charge in [0.15, 0.2) is 0 Å². The third kappa shape index (κ3) is 1.73. The standard InChI is InChI=1S/C13H22S/c1-3-7-12-10(5-1)9-11-6-2-4-8-13(11)14-12/h10-13H,1-9H2/t10?,11?,12-,13?/m1/s1. The van der Waals surface area contributed by atoms with Crippen molar-refractivity contribution in [2.75, 3.05) is 0 Å². The van der Waals surface area contributed by atoms with Gasteiger partial charge in [-0.1, -0.05) is 25.7 Å². The molecule has 14 heavy (non-hydrogen) atoms. The van der Waals surface area contributed by atoms with Crippen molar-refractivity contribution < 1.29 is 0 Å². The molecule has 0 radical (unpaired) electrons. The highest BCUT2D eigenvalue weighted by Gasteiger charge is 2.39. The van der Waals surface area contributed by atoms with Gasteiger partial charge in [0.2, 0.25) is 0 Å². The first-order valence-corrected chi connectivity index (χ1v) is 7.53. The lowest BCUT2D eigenvalue weighted by Crippen LogP contribution is -2.37. The summed E-state index contributed by atoms with van der Waals surface area (Å²) in [6.45, 7) is 0. The number of hydrogen-bond donors (Lipinski definition) is 0. The lowest BCUT2D eigenvalue weighted by Gasteiger charge is -2.45. The second-order valence-electron chi connectivity index (χ2n) is 5.54. The summed E-state index contributed by atoms with van der Waals surface area (Å²) in [4.78, 5) is 0. The summed E-state index contributed by atoms with van der Waals surface area (Å²) in [6.07, 6.45) is 13.9. The lowest BCUT2D eigenvalue weighted by molar-refractivity contribution is 0.238. The van der Waals surface area contributed by atoms with Crippen molar-refractivity contribution in [1.82, 2.24) is 0 Å². The van der Waals surface area contributed by atoms with Gasteiger partial charge in [-0.2, -0.15) is 11.8 Å². The molecule has 4 atom stereocenters. The van der Waals surface area contributed by atoms with E-state index in [9.17, 15) is 0 Å². The van der Waals surface area contributed by atoms with E-state index in [1.807, 2.05) is 0 Å². The van der Waals surface area contributed by atoms with Crippen LogP contribution in [0.3, 0.4) is 0 Å². The van der Waals surface area contributed by atoms with E-state index in [1.54, 1.807) is 32.1 Å². The van der Waals surface area contributed by atoms with Gasteiger partial charge in [-0.3, -0.25) is 0 Å². The van der Waals surface area contributed by atoms with Gasteiger partial charge >= 0.3 is 0 Å². The van der Waals surface area contributed by atoms with Gasteiger partial charge in [-0.15, -0.1) is 0 Å². The molecule has 3 unspecified atom stereocenters. The summed E-state index contributed by atoms with van der Waals surface area (Å²) < 4.78 is 0. The monoisotopic (exact) mass is 210 g/mol. The molecule has 1 saturated heterocycles. The molecule has 0 bridgehead atoms. The first-order valence-electron chi connectivity index (χ1n) is 6.59. The average Bonchev–Trinajstić information content (AvgIpc) is 2.26. The van der Waals surface area contributed by atoms with E-state index < -0.39 is 0 Å². The van der Waals surface area contributed by atoms with Gasteiger partial charge < -0.3 is 0 Å². The van der Waals surface area contributed by atoms with Crippen molar-refractivity contribution in [2.45, 2.75) is 68.3 Å². The molecule has 1 aliphatic heterocycles. The Morgan fingerprint density at radius 2 is 1.14 bits per heavy atom. The maximum Gasteiger partial charge on any atom is 0.00783 e. The molecule has 3 rings (SSSR count). The van der Waals surface area contributed by atoms with Crippen molar-refractivity contribution in [2.24, 2.45) is 11.8 Å². The van der Waals surface area contributed by atoms with E-state index in [-0.39, 0.29) is 0 Å². The molecule has 3 aliphatic rings. The highest BCUT2D eigenvalue weighted by atomic mass is 32.2. The van der Waals surface area contributed by atoms with Crippen LogP contribution in [0.4, 0.5) is 0 Å². The molecule has 0 aromatic carbocycles. The Hall–Kier alpha value is 0.350. The average molecular weight is 210 g/mol. The van der Waals surface area contributed by atoms with Gasteiger partial charge in [-0.05, 0) is 43.9 Å². The van der Waals surface area contributed by atoms with Crippen LogP contribution in [0.2, 0.25) is 0 Å². The normalized spacial score (nSPS) is 48.0. The molecule has 1 heteroatoms. The summed E-state index contributed by atoms with van der Waals surface area (Å²) in [5, 5.41) is 2.14. The number of rotatable bonds is 0. The summed E-state index contributed by atoms with van der Waals surface area (Å²) in [7, 11) is 0. The summed E-state index contributed by atoms with van der Waals surface area (Å²) >= 11 is 2.40. The quantitative estimate of drug-likeness (QED) is 0.576. The van der Waals surface area contributed by atoms with E-state index >= 15 is 0 Å². The van der Waals surface area contributed by atoms with Crippen molar-refractivity contribution >= 4 is 11.8 Å². The van der Waals surface area contributed by atoms with Crippen LogP contribution in [0.15, 0.2) is 0 Å². The van der Waals surface area contributed by atoms with Crippen LogP contribution in [-0.4, -0.2) is 10.5 Å². The Morgan fingerprint density at radius 1 is 0.643 bits per heavy atom. The molecular formula is C13H22S. The predicted octanol–water partition coefficient (Wildman–Crippen LogP) is 4.24. The van der Waals surface area contributed by atoms with Crippen LogP contribution in [0.1, 0.15) is 57.8 Å². The van der Waals surface area contributed by atoms with E-state index in [2.05, 4.69) is 11.8 Å². The van der Waals surface area contributed by atoms with Crippen molar-refractivity contribution in [3.63, 3.8) is 0 Å². The summed E-state index contributed by atoms with van der Waals surface area (Å²) in [5.74, 6) is 2.24. The molecule has 2 saturated carbocycles. The molecule has 2 aliphatic carbocycles. The Kier molecular flexibility index (Phi) is 2.79. The lowest BCUT2D eigenvalue weighted by atomic mass is 9.76. The SMILES string of the molecule is C1CCC2S[C@@H]3CCCCC3CC2C1. The summed E-state index contributed by atoms with van der Waals surface area (Å²) in [6, 6.07) is 0. The van der Waals surface area contributed by atoms with Crippen LogP contribution in [0.5, 0.6) is 0 Å². The third-order valence-electron chi connectivity index (χ3n) is 4.63. The smallest absolute Gasteiger partial charge is 0.00783 e.